The molecule has 1 N–H and O–H groups in total. The Balaban J connectivity index is 2.00. The normalized spacial score (nSPS) is 14.1. The molecule has 4 rings (SSSR count). The number of fused-ring (bicyclic) bond motifs is 1. The minimum Gasteiger partial charge on any atom is -0.451 e. The zero-order valence-electron chi connectivity index (χ0n) is 13.9. The first-order valence-corrected chi connectivity index (χ1v) is 8.23. The third kappa shape index (κ3) is 2.83. The summed E-state index contributed by atoms with van der Waals surface area (Å²) in [4.78, 5) is 18.9. The van der Waals surface area contributed by atoms with E-state index in [1.54, 1.807) is 0 Å². The lowest BCUT2D eigenvalue weighted by Crippen LogP contribution is -2.20. The number of ether oxygens (including phenoxy) is 1. The molecule has 0 amide bonds. The van der Waals surface area contributed by atoms with Gasteiger partial charge in [-0.1, -0.05) is 12.3 Å². The lowest BCUT2D eigenvalue weighted by molar-refractivity contribution is 0.337. The maximum absolute atomic E-state index is 13.8. The van der Waals surface area contributed by atoms with Gasteiger partial charge in [0, 0.05) is 5.92 Å². The quantitative estimate of drug-likeness (QED) is 0.563. The number of aromatic amines is 1. The molecule has 1 aromatic carbocycles. The van der Waals surface area contributed by atoms with Crippen LogP contribution in [0.3, 0.4) is 0 Å². The van der Waals surface area contributed by atoms with Crippen molar-refractivity contribution in [1.82, 2.24) is 19.6 Å². The van der Waals surface area contributed by atoms with E-state index >= 15 is 0 Å². The van der Waals surface area contributed by atoms with Gasteiger partial charge in [0.15, 0.2) is 29.7 Å². The Bertz CT molecular complexity index is 1120. The first-order chi connectivity index (χ1) is 13.0. The van der Waals surface area contributed by atoms with Gasteiger partial charge in [-0.05, 0) is 30.5 Å². The molecule has 0 saturated heterocycles. The number of nitrogens with one attached hydrogen (secondary N) is 1. The first-order valence-electron chi connectivity index (χ1n) is 8.23. The highest BCUT2D eigenvalue weighted by Gasteiger charge is 2.30. The molecule has 1 fully saturated rings. The van der Waals surface area contributed by atoms with Crippen LogP contribution >= 0.6 is 0 Å². The number of hydrogen-bond donors (Lipinski definition) is 1. The van der Waals surface area contributed by atoms with Crippen LogP contribution in [0.2, 0.25) is 0 Å². The number of benzene rings is 1. The summed E-state index contributed by atoms with van der Waals surface area (Å²) in [6.45, 7) is -0.127. The van der Waals surface area contributed by atoms with Crippen LogP contribution in [0, 0.1) is 29.8 Å². The summed E-state index contributed by atoms with van der Waals surface area (Å²) in [5.41, 5.74) is 0.220. The predicted molar refractivity (Wildman–Crippen MR) is 89.8 cm³/mol. The van der Waals surface area contributed by atoms with E-state index in [1.807, 2.05) is 0 Å². The number of terminal acetylenes is 1. The Morgan fingerprint density at radius 1 is 1.30 bits per heavy atom. The number of halogens is 3. The second-order valence-corrected chi connectivity index (χ2v) is 6.22. The maximum atomic E-state index is 13.8. The van der Waals surface area contributed by atoms with Gasteiger partial charge in [-0.2, -0.15) is 14.6 Å². The number of hydrogen-bond acceptors (Lipinski definition) is 4. The van der Waals surface area contributed by atoms with Gasteiger partial charge in [-0.25, -0.2) is 18.0 Å². The Labute approximate surface area is 151 Å². The summed E-state index contributed by atoms with van der Waals surface area (Å²) in [6.07, 6.45) is 7.75. The van der Waals surface area contributed by atoms with Crippen LogP contribution in [0.5, 0.6) is 6.01 Å². The van der Waals surface area contributed by atoms with Crippen LogP contribution in [0.4, 0.5) is 13.2 Å². The summed E-state index contributed by atoms with van der Waals surface area (Å²) < 4.78 is 47.2. The minimum atomic E-state index is -1.57. The molecule has 27 heavy (non-hydrogen) atoms. The predicted octanol–water partition coefficient (Wildman–Crippen LogP) is 2.78. The molecule has 1 aliphatic carbocycles. The van der Waals surface area contributed by atoms with Crippen LogP contribution in [0.25, 0.3) is 16.8 Å². The molecule has 1 aliphatic rings. The third-order valence-corrected chi connectivity index (χ3v) is 4.56. The number of aromatic nitrogens is 4. The standard InChI is InChI=1S/C18H13F3N4O2/c1-2-6-27-17-22-16-13(10-7-11(19)14(21)12(20)8-10)15(9-4-3-5-9)24-25(16)18(26)23-17/h1,7-9H,3-6H2,(H,22,23,26). The summed E-state index contributed by atoms with van der Waals surface area (Å²) >= 11 is 0. The van der Waals surface area contributed by atoms with Crippen LogP contribution in [0.15, 0.2) is 16.9 Å². The van der Waals surface area contributed by atoms with Crippen molar-refractivity contribution in [3.8, 4) is 29.5 Å². The molecule has 2 aromatic heterocycles. The van der Waals surface area contributed by atoms with Crippen molar-refractivity contribution in [1.29, 1.82) is 0 Å². The van der Waals surface area contributed by atoms with E-state index in [0.717, 1.165) is 35.9 Å². The van der Waals surface area contributed by atoms with Crippen LogP contribution in [-0.4, -0.2) is 26.2 Å². The van der Waals surface area contributed by atoms with E-state index in [0.29, 0.717) is 5.69 Å². The average Bonchev–Trinajstić information content (AvgIpc) is 2.95. The topological polar surface area (TPSA) is 72.3 Å². The number of nitrogens with zero attached hydrogens (tertiary/aromatic N) is 3. The van der Waals surface area contributed by atoms with Crippen molar-refractivity contribution in [3.63, 3.8) is 0 Å². The SMILES string of the molecule is C#CCOc1nc2c(-c3cc(F)c(F)c(F)c3)c(C3CCC3)nn2c(=O)[nH]1. The zero-order valence-corrected chi connectivity index (χ0v) is 13.9. The molecule has 0 aliphatic heterocycles. The summed E-state index contributed by atoms with van der Waals surface area (Å²) in [7, 11) is 0. The van der Waals surface area contributed by atoms with Gasteiger partial charge < -0.3 is 4.74 Å². The summed E-state index contributed by atoms with van der Waals surface area (Å²) in [5, 5.41) is 4.29. The lowest BCUT2D eigenvalue weighted by Gasteiger charge is -2.24. The van der Waals surface area contributed by atoms with E-state index in [-0.39, 0.29) is 35.3 Å². The van der Waals surface area contributed by atoms with Crippen LogP contribution < -0.4 is 10.4 Å². The molecular weight excluding hydrogens is 361 g/mol. The molecule has 1 saturated carbocycles. The molecule has 6 nitrogen and oxygen atoms in total. The van der Waals surface area contributed by atoms with E-state index < -0.39 is 23.1 Å². The second-order valence-electron chi connectivity index (χ2n) is 6.22. The molecule has 0 bridgehead atoms. The van der Waals surface area contributed by atoms with Gasteiger partial charge in [0.25, 0.3) is 0 Å². The van der Waals surface area contributed by atoms with Gasteiger partial charge >= 0.3 is 11.7 Å². The van der Waals surface area contributed by atoms with Gasteiger partial charge in [0.05, 0.1) is 11.3 Å². The van der Waals surface area contributed by atoms with Crippen molar-refractivity contribution >= 4 is 5.65 Å². The number of rotatable bonds is 4. The first kappa shape index (κ1) is 17.1. The highest BCUT2D eigenvalue weighted by Crippen LogP contribution is 2.42. The Kier molecular flexibility index (Phi) is 4.11. The molecule has 0 atom stereocenters. The molecule has 0 unspecified atom stereocenters. The van der Waals surface area contributed by atoms with Gasteiger partial charge in [-0.3, -0.25) is 4.98 Å². The molecule has 9 heteroatoms. The van der Waals surface area contributed by atoms with Crippen molar-refractivity contribution in [3.05, 3.63) is 45.8 Å². The molecule has 2 heterocycles. The third-order valence-electron chi connectivity index (χ3n) is 4.56. The number of H-pyrrole nitrogens is 1. The fourth-order valence-electron chi connectivity index (χ4n) is 3.06. The van der Waals surface area contributed by atoms with E-state index in [2.05, 4.69) is 21.0 Å². The highest BCUT2D eigenvalue weighted by molar-refractivity contribution is 5.80. The van der Waals surface area contributed by atoms with E-state index in [1.165, 1.54) is 0 Å². The molecule has 0 radical (unpaired) electrons. The van der Waals surface area contributed by atoms with E-state index in [4.69, 9.17) is 11.2 Å². The molecule has 138 valence electrons. The lowest BCUT2D eigenvalue weighted by atomic mass is 9.80. The Morgan fingerprint density at radius 3 is 2.59 bits per heavy atom. The minimum absolute atomic E-state index is 0.0207. The summed E-state index contributed by atoms with van der Waals surface area (Å²) in [5.74, 6) is -1.97. The largest absolute Gasteiger partial charge is 0.451 e. The van der Waals surface area contributed by atoms with Gasteiger partial charge in [0.1, 0.15) is 0 Å². The zero-order chi connectivity index (χ0) is 19.1. The maximum Gasteiger partial charge on any atom is 0.352 e. The van der Waals surface area contributed by atoms with Crippen molar-refractivity contribution < 1.29 is 17.9 Å². The smallest absolute Gasteiger partial charge is 0.352 e. The molecular formula is C18H13F3N4O2. The molecule has 0 spiro atoms. The van der Waals surface area contributed by atoms with Crippen molar-refractivity contribution in [2.45, 2.75) is 25.2 Å². The average molecular weight is 374 g/mol. The molecule has 3 aromatic rings. The Morgan fingerprint density at radius 2 is 2.00 bits per heavy atom. The van der Waals surface area contributed by atoms with Crippen molar-refractivity contribution in [2.24, 2.45) is 0 Å². The van der Waals surface area contributed by atoms with Crippen LogP contribution in [-0.2, 0) is 0 Å². The Hall–Kier alpha value is -3.28. The summed E-state index contributed by atoms with van der Waals surface area (Å²) in [6, 6.07) is 1.58. The second kappa shape index (κ2) is 6.46. The van der Waals surface area contributed by atoms with Gasteiger partial charge in [-0.15, -0.1) is 6.42 Å². The fourth-order valence-corrected chi connectivity index (χ4v) is 3.06. The fraction of sp³-hybridized carbons (Fsp3) is 0.278. The monoisotopic (exact) mass is 374 g/mol. The highest BCUT2D eigenvalue weighted by atomic mass is 19.2. The van der Waals surface area contributed by atoms with Crippen LogP contribution in [0.1, 0.15) is 30.9 Å². The van der Waals surface area contributed by atoms with Gasteiger partial charge in [0.2, 0.25) is 0 Å². The van der Waals surface area contributed by atoms with E-state index in [9.17, 15) is 18.0 Å². The van der Waals surface area contributed by atoms with Crippen molar-refractivity contribution in [2.75, 3.05) is 6.61 Å².